The van der Waals surface area contributed by atoms with Gasteiger partial charge in [0.2, 0.25) is 5.91 Å². The Bertz CT molecular complexity index is 699. The van der Waals surface area contributed by atoms with Crippen molar-refractivity contribution in [3.63, 3.8) is 0 Å². The van der Waals surface area contributed by atoms with E-state index in [1.54, 1.807) is 0 Å². The first kappa shape index (κ1) is 24.1. The van der Waals surface area contributed by atoms with Gasteiger partial charge in [-0.25, -0.2) is 9.18 Å². The van der Waals surface area contributed by atoms with Gasteiger partial charge in [-0.05, 0) is 44.2 Å². The van der Waals surface area contributed by atoms with Crippen LogP contribution in [0.1, 0.15) is 37.7 Å². The smallest absolute Gasteiger partial charge is 0.475 e. The minimum Gasteiger partial charge on any atom is -0.475 e. The van der Waals surface area contributed by atoms with Crippen LogP contribution in [0.25, 0.3) is 0 Å². The van der Waals surface area contributed by atoms with Gasteiger partial charge < -0.3 is 14.9 Å². The van der Waals surface area contributed by atoms with Gasteiger partial charge in [0.15, 0.2) is 0 Å². The molecule has 5 nitrogen and oxygen atoms in total. The molecule has 30 heavy (non-hydrogen) atoms. The fourth-order valence-corrected chi connectivity index (χ4v) is 4.23. The van der Waals surface area contributed by atoms with Gasteiger partial charge in [0, 0.05) is 31.6 Å². The number of benzene rings is 1. The molecule has 2 aliphatic heterocycles. The maximum absolute atomic E-state index is 12.8. The van der Waals surface area contributed by atoms with Gasteiger partial charge >= 0.3 is 12.1 Å². The van der Waals surface area contributed by atoms with E-state index in [1.165, 1.54) is 5.56 Å². The van der Waals surface area contributed by atoms with Crippen molar-refractivity contribution in [1.82, 2.24) is 9.80 Å². The molecule has 0 aromatic heterocycles. The van der Waals surface area contributed by atoms with E-state index in [1.807, 2.05) is 4.90 Å². The predicted octanol–water partition coefficient (Wildman–Crippen LogP) is 3.68. The second-order valence-electron chi connectivity index (χ2n) is 7.69. The number of rotatable bonds is 5. The fourth-order valence-electron chi connectivity index (χ4n) is 4.23. The molecule has 2 heterocycles. The molecule has 1 unspecified atom stereocenters. The van der Waals surface area contributed by atoms with Crippen molar-refractivity contribution >= 4 is 11.9 Å². The number of carbonyl (C=O) groups excluding carboxylic acids is 1. The highest BCUT2D eigenvalue weighted by Gasteiger charge is 2.45. The number of likely N-dealkylation sites (tertiary alicyclic amines) is 2. The molecule has 1 aromatic carbocycles. The standard InChI is InChI=1S/C19H27FN2O.C2HF3O2/c20-12-16-22-18(23)7-10-19(22)9-4-13-21(15-11-19)14-8-17-5-2-1-3-6-17;3-2(4,5)1(6)7/h1-3,5-6H,4,7-16H2;(H,6,7). The van der Waals surface area contributed by atoms with Crippen molar-refractivity contribution in [2.75, 3.05) is 32.9 Å². The summed E-state index contributed by atoms with van der Waals surface area (Å²) in [6.07, 6.45) is 0.627. The average molecular weight is 432 g/mol. The highest BCUT2D eigenvalue weighted by atomic mass is 19.4. The molecule has 2 aliphatic rings. The Morgan fingerprint density at radius 1 is 1.07 bits per heavy atom. The Labute approximate surface area is 173 Å². The number of aliphatic carboxylic acids is 1. The lowest BCUT2D eigenvalue weighted by Gasteiger charge is -2.37. The lowest BCUT2D eigenvalue weighted by molar-refractivity contribution is -0.192. The molecule has 0 bridgehead atoms. The van der Waals surface area contributed by atoms with E-state index in [2.05, 4.69) is 35.2 Å². The molecule has 2 fully saturated rings. The van der Waals surface area contributed by atoms with Crippen LogP contribution < -0.4 is 0 Å². The molecule has 1 atom stereocenters. The Kier molecular flexibility index (Phi) is 8.64. The summed E-state index contributed by atoms with van der Waals surface area (Å²) in [6.45, 7) is 3.03. The first-order chi connectivity index (χ1) is 14.2. The molecule has 0 aliphatic carbocycles. The van der Waals surface area contributed by atoms with Gasteiger partial charge in [-0.3, -0.25) is 4.79 Å². The summed E-state index contributed by atoms with van der Waals surface area (Å²) in [5.74, 6) is -2.60. The Balaban J connectivity index is 0.000000396. The van der Waals surface area contributed by atoms with E-state index >= 15 is 0 Å². The molecular formula is C21H28F4N2O3. The highest BCUT2D eigenvalue weighted by molar-refractivity contribution is 5.79. The molecule has 9 heteroatoms. The monoisotopic (exact) mass is 432 g/mol. The molecule has 0 radical (unpaired) electrons. The number of carboxylic acid groups (broad SMARTS) is 1. The quantitative estimate of drug-likeness (QED) is 0.722. The predicted molar refractivity (Wildman–Crippen MR) is 104 cm³/mol. The van der Waals surface area contributed by atoms with Gasteiger partial charge in [-0.2, -0.15) is 13.2 Å². The number of amides is 1. The van der Waals surface area contributed by atoms with Gasteiger partial charge in [-0.15, -0.1) is 0 Å². The number of hydrogen-bond acceptors (Lipinski definition) is 3. The van der Waals surface area contributed by atoms with Crippen molar-refractivity contribution in [1.29, 1.82) is 0 Å². The summed E-state index contributed by atoms with van der Waals surface area (Å²) < 4.78 is 44.6. The van der Waals surface area contributed by atoms with Crippen molar-refractivity contribution in [3.05, 3.63) is 35.9 Å². The van der Waals surface area contributed by atoms with Crippen LogP contribution in [0.3, 0.4) is 0 Å². The zero-order valence-electron chi connectivity index (χ0n) is 16.8. The number of alkyl halides is 4. The second kappa shape index (κ2) is 10.7. The van der Waals surface area contributed by atoms with E-state index in [0.717, 1.165) is 51.7 Å². The largest absolute Gasteiger partial charge is 0.490 e. The molecule has 168 valence electrons. The van der Waals surface area contributed by atoms with Crippen molar-refractivity contribution in [2.24, 2.45) is 0 Å². The number of nitrogens with zero attached hydrogens (tertiary/aromatic N) is 2. The van der Waals surface area contributed by atoms with Crippen LogP contribution in [-0.2, 0) is 16.0 Å². The van der Waals surface area contributed by atoms with Crippen LogP contribution >= 0.6 is 0 Å². The van der Waals surface area contributed by atoms with Crippen molar-refractivity contribution in [3.8, 4) is 0 Å². The van der Waals surface area contributed by atoms with Crippen LogP contribution in [-0.4, -0.2) is 71.4 Å². The first-order valence-electron chi connectivity index (χ1n) is 10.1. The molecule has 0 saturated carbocycles. The number of carboxylic acids is 1. The lowest BCUT2D eigenvalue weighted by atomic mass is 9.88. The first-order valence-corrected chi connectivity index (χ1v) is 10.1. The third-order valence-electron chi connectivity index (χ3n) is 5.80. The van der Waals surface area contributed by atoms with E-state index in [9.17, 15) is 22.4 Å². The average Bonchev–Trinajstić information content (AvgIpc) is 2.88. The number of hydrogen-bond donors (Lipinski definition) is 1. The van der Waals surface area contributed by atoms with E-state index < -0.39 is 18.8 Å². The van der Waals surface area contributed by atoms with E-state index in [-0.39, 0.29) is 18.0 Å². The summed E-state index contributed by atoms with van der Waals surface area (Å²) in [6, 6.07) is 10.6. The second-order valence-corrected chi connectivity index (χ2v) is 7.69. The Hall–Kier alpha value is -2.16. The summed E-state index contributed by atoms with van der Waals surface area (Å²) in [7, 11) is 0. The van der Waals surface area contributed by atoms with Crippen molar-refractivity contribution < 1.29 is 32.3 Å². The highest BCUT2D eigenvalue weighted by Crippen LogP contribution is 2.38. The molecule has 1 amide bonds. The maximum atomic E-state index is 12.8. The molecule has 1 aromatic rings. The van der Waals surface area contributed by atoms with Gasteiger partial charge in [0.1, 0.15) is 6.67 Å². The van der Waals surface area contributed by atoms with E-state index in [4.69, 9.17) is 9.90 Å². The zero-order valence-corrected chi connectivity index (χ0v) is 16.8. The minimum absolute atomic E-state index is 0.0648. The Morgan fingerprint density at radius 3 is 2.33 bits per heavy atom. The normalized spacial score (nSPS) is 22.5. The van der Waals surface area contributed by atoms with Crippen LogP contribution in [0.15, 0.2) is 30.3 Å². The van der Waals surface area contributed by atoms with Gasteiger partial charge in [-0.1, -0.05) is 30.3 Å². The van der Waals surface area contributed by atoms with Gasteiger partial charge in [0.25, 0.3) is 0 Å². The molecule has 3 rings (SSSR count). The summed E-state index contributed by atoms with van der Waals surface area (Å²) in [5, 5.41) is 7.12. The topological polar surface area (TPSA) is 60.9 Å². The molecule has 2 saturated heterocycles. The summed E-state index contributed by atoms with van der Waals surface area (Å²) in [4.78, 5) is 25.4. The van der Waals surface area contributed by atoms with Crippen LogP contribution in [0, 0.1) is 0 Å². The van der Waals surface area contributed by atoms with Crippen LogP contribution in [0.5, 0.6) is 0 Å². The third kappa shape index (κ3) is 6.68. The number of carbonyl (C=O) groups is 2. The zero-order chi connectivity index (χ0) is 22.2. The fraction of sp³-hybridized carbons (Fsp3) is 0.619. The maximum Gasteiger partial charge on any atom is 0.490 e. The number of halogens is 4. The molecule has 1 spiro atoms. The SMILES string of the molecule is O=C(O)C(F)(F)F.O=C1CCC2(CCCN(CCc3ccccc3)CC2)N1CCF. The van der Waals surface area contributed by atoms with Crippen LogP contribution in [0.4, 0.5) is 17.6 Å². The lowest BCUT2D eigenvalue weighted by Crippen LogP contribution is -2.47. The Morgan fingerprint density at radius 2 is 1.73 bits per heavy atom. The molecular weight excluding hydrogens is 404 g/mol. The summed E-state index contributed by atoms with van der Waals surface area (Å²) >= 11 is 0. The minimum atomic E-state index is -5.08. The third-order valence-corrected chi connectivity index (χ3v) is 5.80. The van der Waals surface area contributed by atoms with Crippen LogP contribution in [0.2, 0.25) is 0 Å². The van der Waals surface area contributed by atoms with E-state index in [0.29, 0.717) is 6.42 Å². The van der Waals surface area contributed by atoms with Gasteiger partial charge in [0.05, 0.1) is 0 Å². The summed E-state index contributed by atoms with van der Waals surface area (Å²) in [5.41, 5.74) is 1.31. The molecule has 1 N–H and O–H groups in total. The van der Waals surface area contributed by atoms with Crippen molar-refractivity contribution in [2.45, 2.75) is 50.2 Å².